The lowest BCUT2D eigenvalue weighted by atomic mass is 10.0. The second-order valence-electron chi connectivity index (χ2n) is 8.14. The molecule has 174 valence electrons. The molecule has 3 N–H and O–H groups in total. The van der Waals surface area contributed by atoms with E-state index < -0.39 is 17.1 Å². The average molecular weight is 479 g/mol. The number of fused-ring (bicyclic) bond motifs is 1. The normalized spacial score (nSPS) is 17.1. The molecule has 1 aromatic heterocycles. The van der Waals surface area contributed by atoms with Crippen molar-refractivity contribution >= 4 is 28.6 Å². The molecule has 1 aliphatic rings. The Balaban J connectivity index is 1.63. The first-order chi connectivity index (χ1) is 16.4. The van der Waals surface area contributed by atoms with Crippen molar-refractivity contribution in [3.63, 3.8) is 0 Å². The number of amides is 1. The third kappa shape index (κ3) is 4.04. The summed E-state index contributed by atoms with van der Waals surface area (Å²) in [5, 5.41) is 21.8. The number of thioether (sulfide) groups is 1. The monoisotopic (exact) mass is 478 g/mol. The number of carbonyl (C=O) groups excluding carboxylic acids is 1. The molecule has 4 aromatic rings. The van der Waals surface area contributed by atoms with Gasteiger partial charge in [-0.05, 0) is 48.9 Å². The van der Waals surface area contributed by atoms with Crippen molar-refractivity contribution in [1.82, 2.24) is 9.88 Å². The van der Waals surface area contributed by atoms with Gasteiger partial charge in [0.1, 0.15) is 11.6 Å². The van der Waals surface area contributed by atoms with E-state index in [1.54, 1.807) is 31.4 Å². The second-order valence-corrected chi connectivity index (χ2v) is 9.44. The van der Waals surface area contributed by atoms with Crippen LogP contribution in [0.4, 0.5) is 4.39 Å². The fraction of sp³-hybridized carbons (Fsp3) is 0.192. The van der Waals surface area contributed by atoms with Gasteiger partial charge in [-0.2, -0.15) is 0 Å². The van der Waals surface area contributed by atoms with E-state index in [0.717, 1.165) is 39.5 Å². The maximum absolute atomic E-state index is 13.6. The number of aromatic nitrogens is 1. The van der Waals surface area contributed by atoms with Gasteiger partial charge in [-0.1, -0.05) is 36.0 Å². The number of nitrogens with one attached hydrogen (secondary N) is 1. The Morgan fingerprint density at radius 2 is 1.88 bits per heavy atom. The lowest BCUT2D eigenvalue weighted by Crippen LogP contribution is -2.47. The Morgan fingerprint density at radius 1 is 1.12 bits per heavy atom. The van der Waals surface area contributed by atoms with Gasteiger partial charge in [0.25, 0.3) is 5.91 Å². The average Bonchev–Trinajstić information content (AvgIpc) is 3.38. The molecule has 0 saturated carbocycles. The van der Waals surface area contributed by atoms with Gasteiger partial charge in [-0.25, -0.2) is 4.39 Å². The minimum Gasteiger partial charge on any atom is -0.496 e. The summed E-state index contributed by atoms with van der Waals surface area (Å²) in [5.41, 5.74) is 3.66. The first-order valence-corrected chi connectivity index (χ1v) is 11.8. The molecule has 34 heavy (non-hydrogen) atoms. The van der Waals surface area contributed by atoms with Crippen molar-refractivity contribution in [2.75, 3.05) is 12.9 Å². The third-order valence-corrected chi connectivity index (χ3v) is 7.20. The van der Waals surface area contributed by atoms with E-state index in [-0.39, 0.29) is 5.82 Å². The number of aliphatic hydroxyl groups is 2. The van der Waals surface area contributed by atoms with Crippen molar-refractivity contribution in [1.29, 1.82) is 0 Å². The van der Waals surface area contributed by atoms with Gasteiger partial charge in [0.15, 0.2) is 0 Å². The third-order valence-electron chi connectivity index (χ3n) is 6.05. The van der Waals surface area contributed by atoms with Crippen LogP contribution in [-0.2, 0) is 0 Å². The first-order valence-electron chi connectivity index (χ1n) is 10.8. The predicted molar refractivity (Wildman–Crippen MR) is 131 cm³/mol. The highest BCUT2D eigenvalue weighted by molar-refractivity contribution is 8.00. The van der Waals surface area contributed by atoms with Crippen LogP contribution in [0, 0.1) is 5.82 Å². The molecule has 0 radical (unpaired) electrons. The first kappa shape index (κ1) is 22.5. The standard InChI is InChI=1S/C26H23FN2O4S/c1-33-23-5-3-2-4-20(23)21-15-29(18-9-7-17(27)8-10-18)22-14-16(6-11-19(21)22)25(30)28-24-12-13-34-26(24,31)32/h2-11,14-15,24,31-32H,12-13H2,1H3,(H,28,30). The number of methoxy groups -OCH3 is 1. The number of halogens is 1. The van der Waals surface area contributed by atoms with Crippen LogP contribution < -0.4 is 10.1 Å². The lowest BCUT2D eigenvalue weighted by Gasteiger charge is -2.23. The molecule has 1 unspecified atom stereocenters. The molecular formula is C26H23FN2O4S. The Kier molecular flexibility index (Phi) is 5.81. The molecule has 0 bridgehead atoms. The molecule has 1 amide bonds. The van der Waals surface area contributed by atoms with Gasteiger partial charge in [0.2, 0.25) is 5.12 Å². The minimum absolute atomic E-state index is 0.337. The van der Waals surface area contributed by atoms with Crippen LogP contribution in [0.5, 0.6) is 5.75 Å². The Morgan fingerprint density at radius 3 is 2.59 bits per heavy atom. The number of para-hydroxylation sites is 1. The zero-order valence-corrected chi connectivity index (χ0v) is 19.2. The number of ether oxygens (including phenoxy) is 1. The molecular weight excluding hydrogens is 455 g/mol. The highest BCUT2D eigenvalue weighted by atomic mass is 32.2. The highest BCUT2D eigenvalue weighted by Crippen LogP contribution is 2.38. The molecule has 1 aliphatic heterocycles. The van der Waals surface area contributed by atoms with E-state index in [1.165, 1.54) is 12.1 Å². The van der Waals surface area contributed by atoms with E-state index >= 15 is 0 Å². The molecule has 5 rings (SSSR count). The molecule has 6 nitrogen and oxygen atoms in total. The van der Waals surface area contributed by atoms with Crippen LogP contribution in [0.1, 0.15) is 16.8 Å². The fourth-order valence-electron chi connectivity index (χ4n) is 4.29. The quantitative estimate of drug-likeness (QED) is 0.372. The lowest BCUT2D eigenvalue weighted by molar-refractivity contribution is -0.0943. The fourth-order valence-corrected chi connectivity index (χ4v) is 5.32. The molecule has 8 heteroatoms. The summed E-state index contributed by atoms with van der Waals surface area (Å²) in [4.78, 5) is 13.0. The molecule has 1 saturated heterocycles. The summed E-state index contributed by atoms with van der Waals surface area (Å²) >= 11 is 1.00. The maximum Gasteiger partial charge on any atom is 0.251 e. The molecule has 0 spiro atoms. The van der Waals surface area contributed by atoms with Crippen molar-refractivity contribution in [2.45, 2.75) is 17.6 Å². The number of nitrogens with zero attached hydrogens (tertiary/aromatic N) is 1. The van der Waals surface area contributed by atoms with E-state index in [4.69, 9.17) is 4.74 Å². The van der Waals surface area contributed by atoms with Crippen molar-refractivity contribution in [2.24, 2.45) is 0 Å². The maximum atomic E-state index is 13.6. The van der Waals surface area contributed by atoms with E-state index in [9.17, 15) is 19.4 Å². The van der Waals surface area contributed by atoms with E-state index in [0.29, 0.717) is 23.5 Å². The van der Waals surface area contributed by atoms with E-state index in [1.807, 2.05) is 41.1 Å². The Labute approximate surface area is 200 Å². The number of carbonyl (C=O) groups is 1. The van der Waals surface area contributed by atoms with Crippen molar-refractivity contribution in [3.8, 4) is 22.6 Å². The van der Waals surface area contributed by atoms with Gasteiger partial charge >= 0.3 is 0 Å². The van der Waals surface area contributed by atoms with Gasteiger partial charge in [0, 0.05) is 39.7 Å². The second kappa shape index (κ2) is 8.79. The molecule has 0 aliphatic carbocycles. The van der Waals surface area contributed by atoms with Gasteiger partial charge in [0.05, 0.1) is 18.7 Å². The summed E-state index contributed by atoms with van der Waals surface area (Å²) in [5.74, 6) is 0.527. The zero-order valence-electron chi connectivity index (χ0n) is 18.4. The van der Waals surface area contributed by atoms with Crippen LogP contribution >= 0.6 is 11.8 Å². The van der Waals surface area contributed by atoms with Gasteiger partial charge < -0.3 is 24.8 Å². The highest BCUT2D eigenvalue weighted by Gasteiger charge is 2.41. The van der Waals surface area contributed by atoms with Gasteiger partial charge in [-0.3, -0.25) is 4.79 Å². The van der Waals surface area contributed by atoms with Gasteiger partial charge in [-0.15, -0.1) is 0 Å². The summed E-state index contributed by atoms with van der Waals surface area (Å²) in [6, 6.07) is 18.4. The summed E-state index contributed by atoms with van der Waals surface area (Å²) in [7, 11) is 1.62. The largest absolute Gasteiger partial charge is 0.496 e. The number of benzene rings is 3. The predicted octanol–water partition coefficient (Wildman–Crippen LogP) is 4.32. The number of hydrogen-bond donors (Lipinski definition) is 3. The van der Waals surface area contributed by atoms with Crippen LogP contribution in [0.25, 0.3) is 27.7 Å². The SMILES string of the molecule is COc1ccccc1-c1cn(-c2ccc(F)cc2)c2cc(C(=O)NC3CCSC3(O)O)ccc12. The smallest absolute Gasteiger partial charge is 0.251 e. The zero-order chi connectivity index (χ0) is 23.9. The topological polar surface area (TPSA) is 83.7 Å². The van der Waals surface area contributed by atoms with Crippen molar-refractivity contribution < 1.29 is 24.1 Å². The Bertz CT molecular complexity index is 1370. The molecule has 1 atom stereocenters. The van der Waals surface area contributed by atoms with Crippen LogP contribution in [0.2, 0.25) is 0 Å². The van der Waals surface area contributed by atoms with Crippen LogP contribution in [0.3, 0.4) is 0 Å². The summed E-state index contributed by atoms with van der Waals surface area (Å²) in [6.45, 7) is 0. The van der Waals surface area contributed by atoms with Crippen LogP contribution in [-0.4, -0.2) is 44.7 Å². The molecule has 3 aromatic carbocycles. The summed E-state index contributed by atoms with van der Waals surface area (Å²) < 4.78 is 21.1. The summed E-state index contributed by atoms with van der Waals surface area (Å²) in [6.07, 6.45) is 2.41. The van der Waals surface area contributed by atoms with Crippen molar-refractivity contribution in [3.05, 3.63) is 84.3 Å². The minimum atomic E-state index is -1.98. The molecule has 1 fully saturated rings. The Hall–Kier alpha value is -3.33. The number of hydrogen-bond acceptors (Lipinski definition) is 5. The number of rotatable bonds is 5. The van der Waals surface area contributed by atoms with E-state index in [2.05, 4.69) is 5.32 Å². The molecule has 2 heterocycles. The van der Waals surface area contributed by atoms with Crippen LogP contribution in [0.15, 0.2) is 72.9 Å².